The zero-order chi connectivity index (χ0) is 26.8. The predicted molar refractivity (Wildman–Crippen MR) is 131 cm³/mol. The monoisotopic (exact) mass is 486 g/mol. The SMILES string of the molecule is CCOC(=O)C(C(=O)OCC)(C(=O)c1ccc(F)cc1)c1cc(C(C)(C)C)c(O)c(C(C)(C)C)c1. The number of phenols is 1. The van der Waals surface area contributed by atoms with Gasteiger partial charge in [-0.3, -0.25) is 4.79 Å². The van der Waals surface area contributed by atoms with Crippen molar-refractivity contribution in [1.82, 2.24) is 0 Å². The van der Waals surface area contributed by atoms with E-state index in [0.29, 0.717) is 11.1 Å². The summed E-state index contributed by atoms with van der Waals surface area (Å²) in [6.45, 7) is 14.2. The molecule has 2 rings (SSSR count). The van der Waals surface area contributed by atoms with Crippen LogP contribution < -0.4 is 0 Å². The van der Waals surface area contributed by atoms with Crippen molar-refractivity contribution in [1.29, 1.82) is 0 Å². The molecule has 2 aromatic carbocycles. The highest BCUT2D eigenvalue weighted by atomic mass is 19.1. The predicted octanol–water partition coefficient (Wildman–Crippen LogP) is 5.37. The van der Waals surface area contributed by atoms with Crippen LogP contribution in [0.15, 0.2) is 36.4 Å². The normalized spacial score (nSPS) is 12.3. The second-order valence-electron chi connectivity index (χ2n) is 10.4. The van der Waals surface area contributed by atoms with E-state index in [0.717, 1.165) is 12.1 Å². The van der Waals surface area contributed by atoms with Crippen LogP contribution in [0.5, 0.6) is 5.75 Å². The molecule has 1 N–H and O–H groups in total. The van der Waals surface area contributed by atoms with E-state index < -0.39 is 39.8 Å². The zero-order valence-electron chi connectivity index (χ0n) is 21.7. The fourth-order valence-corrected chi connectivity index (χ4v) is 3.93. The van der Waals surface area contributed by atoms with Crippen LogP contribution in [0.2, 0.25) is 0 Å². The first-order valence-electron chi connectivity index (χ1n) is 11.7. The molecule has 7 heteroatoms. The van der Waals surface area contributed by atoms with E-state index in [1.807, 2.05) is 41.5 Å². The second-order valence-corrected chi connectivity index (χ2v) is 10.4. The van der Waals surface area contributed by atoms with Gasteiger partial charge >= 0.3 is 11.9 Å². The van der Waals surface area contributed by atoms with Gasteiger partial charge in [-0.15, -0.1) is 0 Å². The van der Waals surface area contributed by atoms with Crippen molar-refractivity contribution in [2.24, 2.45) is 0 Å². The maximum Gasteiger partial charge on any atom is 0.336 e. The van der Waals surface area contributed by atoms with E-state index >= 15 is 0 Å². The molecule has 6 nitrogen and oxygen atoms in total. The van der Waals surface area contributed by atoms with Gasteiger partial charge in [0.15, 0.2) is 5.78 Å². The van der Waals surface area contributed by atoms with Gasteiger partial charge in [-0.2, -0.15) is 0 Å². The molecular formula is C28H35FO6. The summed E-state index contributed by atoms with van der Waals surface area (Å²) in [7, 11) is 0. The average Bonchev–Trinajstić information content (AvgIpc) is 2.74. The highest BCUT2D eigenvalue weighted by molar-refractivity contribution is 6.30. The Hall–Kier alpha value is -3.22. The lowest BCUT2D eigenvalue weighted by Gasteiger charge is -2.33. The van der Waals surface area contributed by atoms with Gasteiger partial charge in [0.05, 0.1) is 13.2 Å². The van der Waals surface area contributed by atoms with Gasteiger partial charge in [0.1, 0.15) is 11.6 Å². The Balaban J connectivity index is 3.09. The molecule has 0 aromatic heterocycles. The van der Waals surface area contributed by atoms with Crippen molar-refractivity contribution in [2.75, 3.05) is 13.2 Å². The smallest absolute Gasteiger partial charge is 0.336 e. The number of carbonyl (C=O) groups excluding carboxylic acids is 3. The third kappa shape index (κ3) is 5.39. The summed E-state index contributed by atoms with van der Waals surface area (Å²) in [5.74, 6) is -3.66. The lowest BCUT2D eigenvalue weighted by atomic mass is 9.69. The topological polar surface area (TPSA) is 89.9 Å². The minimum absolute atomic E-state index is 0.0181. The Labute approximate surface area is 206 Å². The van der Waals surface area contributed by atoms with E-state index in [1.54, 1.807) is 13.8 Å². The largest absolute Gasteiger partial charge is 0.507 e. The van der Waals surface area contributed by atoms with Crippen LogP contribution in [0.25, 0.3) is 0 Å². The number of benzene rings is 2. The third-order valence-electron chi connectivity index (χ3n) is 5.77. The lowest BCUT2D eigenvalue weighted by molar-refractivity contribution is -0.161. The number of hydrogen-bond acceptors (Lipinski definition) is 6. The van der Waals surface area contributed by atoms with Crippen molar-refractivity contribution in [3.63, 3.8) is 0 Å². The molecule has 0 aliphatic rings. The molecule has 0 spiro atoms. The first kappa shape index (κ1) is 28.0. The van der Waals surface area contributed by atoms with Gasteiger partial charge < -0.3 is 14.6 Å². The molecule has 0 fully saturated rings. The number of Topliss-reactive ketones (excluding diaryl/α,β-unsaturated/α-hetero) is 1. The first-order valence-corrected chi connectivity index (χ1v) is 11.7. The Kier molecular flexibility index (Phi) is 8.15. The maximum absolute atomic E-state index is 14.0. The fraction of sp³-hybridized carbons (Fsp3) is 0.464. The molecule has 0 atom stereocenters. The molecule has 0 heterocycles. The van der Waals surface area contributed by atoms with E-state index in [1.165, 1.54) is 24.3 Å². The van der Waals surface area contributed by atoms with E-state index in [9.17, 15) is 23.9 Å². The quantitative estimate of drug-likeness (QED) is 0.321. The second kappa shape index (κ2) is 10.2. The standard InChI is InChI=1S/C28H35FO6/c1-9-34-24(32)28(25(33)35-10-2,23(31)17-11-13-19(29)14-12-17)18-15-20(26(3,4)5)22(30)21(16-18)27(6,7)8/h11-16,30H,9-10H2,1-8H3. The number of halogens is 1. The van der Waals surface area contributed by atoms with Crippen molar-refractivity contribution in [2.45, 2.75) is 71.6 Å². The lowest BCUT2D eigenvalue weighted by Crippen LogP contribution is -2.53. The van der Waals surface area contributed by atoms with Gasteiger partial charge in [-0.05, 0) is 77.8 Å². The maximum atomic E-state index is 14.0. The van der Waals surface area contributed by atoms with Crippen LogP contribution in [-0.4, -0.2) is 36.0 Å². The number of esters is 2. The molecule has 0 amide bonds. The first-order chi connectivity index (χ1) is 16.1. The van der Waals surface area contributed by atoms with Gasteiger partial charge in [-0.1, -0.05) is 41.5 Å². The summed E-state index contributed by atoms with van der Waals surface area (Å²) in [6, 6.07) is 7.54. The number of ketones is 1. The molecule has 0 aliphatic heterocycles. The van der Waals surface area contributed by atoms with Crippen LogP contribution >= 0.6 is 0 Å². The van der Waals surface area contributed by atoms with Crippen LogP contribution in [0, 0.1) is 5.82 Å². The molecule has 190 valence electrons. The van der Waals surface area contributed by atoms with E-state index in [-0.39, 0.29) is 30.1 Å². The summed E-state index contributed by atoms with van der Waals surface area (Å²) in [6.07, 6.45) is 0. The summed E-state index contributed by atoms with van der Waals surface area (Å²) in [5.41, 5.74) is -2.86. The van der Waals surface area contributed by atoms with Crippen molar-refractivity contribution in [3.05, 3.63) is 64.5 Å². The molecule has 0 saturated carbocycles. The molecule has 0 aliphatic carbocycles. The molecule has 2 aromatic rings. The number of aromatic hydroxyl groups is 1. The molecule has 0 radical (unpaired) electrons. The summed E-state index contributed by atoms with van der Waals surface area (Å²) < 4.78 is 24.2. The molecular weight excluding hydrogens is 451 g/mol. The molecule has 0 unspecified atom stereocenters. The Morgan fingerprint density at radius 1 is 0.800 bits per heavy atom. The van der Waals surface area contributed by atoms with Gasteiger partial charge in [-0.25, -0.2) is 14.0 Å². The van der Waals surface area contributed by atoms with Crippen molar-refractivity contribution >= 4 is 17.7 Å². The molecule has 35 heavy (non-hydrogen) atoms. The average molecular weight is 487 g/mol. The minimum atomic E-state index is -2.52. The third-order valence-corrected chi connectivity index (χ3v) is 5.77. The van der Waals surface area contributed by atoms with Gasteiger partial charge in [0.25, 0.3) is 5.41 Å². The van der Waals surface area contributed by atoms with Crippen LogP contribution in [0.3, 0.4) is 0 Å². The van der Waals surface area contributed by atoms with Crippen molar-refractivity contribution < 1.29 is 33.4 Å². The highest BCUT2D eigenvalue weighted by Gasteiger charge is 2.58. The van der Waals surface area contributed by atoms with E-state index in [2.05, 4.69) is 0 Å². The molecule has 0 bridgehead atoms. The Morgan fingerprint density at radius 2 is 1.20 bits per heavy atom. The van der Waals surface area contributed by atoms with Crippen LogP contribution in [0.4, 0.5) is 4.39 Å². The highest BCUT2D eigenvalue weighted by Crippen LogP contribution is 2.44. The van der Waals surface area contributed by atoms with E-state index in [4.69, 9.17) is 9.47 Å². The number of carbonyl (C=O) groups is 3. The Bertz CT molecular complexity index is 1050. The van der Waals surface area contributed by atoms with Crippen LogP contribution in [-0.2, 0) is 35.3 Å². The zero-order valence-corrected chi connectivity index (χ0v) is 21.7. The fourth-order valence-electron chi connectivity index (χ4n) is 3.93. The molecule has 0 saturated heterocycles. The van der Waals surface area contributed by atoms with Gasteiger partial charge in [0.2, 0.25) is 0 Å². The number of rotatable bonds is 7. The van der Waals surface area contributed by atoms with Crippen molar-refractivity contribution in [3.8, 4) is 5.75 Å². The number of phenolic OH excluding ortho intramolecular Hbond substituents is 1. The van der Waals surface area contributed by atoms with Gasteiger partial charge in [0, 0.05) is 5.56 Å². The number of hydrogen-bond donors (Lipinski definition) is 1. The summed E-state index contributed by atoms with van der Waals surface area (Å²) in [5, 5.41) is 11.2. The minimum Gasteiger partial charge on any atom is -0.507 e. The summed E-state index contributed by atoms with van der Waals surface area (Å²) >= 11 is 0. The Morgan fingerprint density at radius 3 is 1.54 bits per heavy atom. The number of ether oxygens (including phenoxy) is 2. The van der Waals surface area contributed by atoms with Crippen LogP contribution in [0.1, 0.15) is 82.4 Å². The summed E-state index contributed by atoms with van der Waals surface area (Å²) in [4.78, 5) is 41.2.